The minimum atomic E-state index is -2.71. The Labute approximate surface area is 186 Å². The van der Waals surface area contributed by atoms with Gasteiger partial charge >= 0.3 is 6.09 Å². The first kappa shape index (κ1) is 23.5. The minimum absolute atomic E-state index is 0.134. The predicted molar refractivity (Wildman–Crippen MR) is 116 cm³/mol. The third-order valence-corrected chi connectivity index (χ3v) is 4.94. The molecule has 1 heterocycles. The van der Waals surface area contributed by atoms with Crippen LogP contribution in [0.25, 0.3) is 0 Å². The summed E-state index contributed by atoms with van der Waals surface area (Å²) in [5.74, 6) is 0.253. The summed E-state index contributed by atoms with van der Waals surface area (Å²) in [6.45, 7) is 5.01. The van der Waals surface area contributed by atoms with Gasteiger partial charge in [-0.05, 0) is 51.5 Å². The molecule has 2 aromatic carbocycles. The van der Waals surface area contributed by atoms with Crippen LogP contribution in [0, 0.1) is 0 Å². The second-order valence-corrected chi connectivity index (χ2v) is 8.63. The molecular formula is C24H28F2N2O4. The van der Waals surface area contributed by atoms with Gasteiger partial charge in [-0.3, -0.25) is 4.79 Å². The van der Waals surface area contributed by atoms with E-state index >= 15 is 0 Å². The van der Waals surface area contributed by atoms with Crippen LogP contribution in [0.5, 0.6) is 11.5 Å². The lowest BCUT2D eigenvalue weighted by molar-refractivity contribution is 0.0253. The molecule has 6 nitrogen and oxygen atoms in total. The Bertz CT molecular complexity index is 931. The zero-order chi connectivity index (χ0) is 23.3. The summed E-state index contributed by atoms with van der Waals surface area (Å²) in [5.41, 5.74) is -0.478. The standard InChI is InChI=1S/C24H28F2N2O4/c1-24(2,3)32-23(30)27-14-13-17(15-27)28(16-21(25)26)22(29)19-11-7-8-12-20(19)31-18-9-5-4-6-10-18/h4-12,17,21H,13-16H2,1-3H3/t17-/m0/s1. The van der Waals surface area contributed by atoms with Crippen molar-refractivity contribution in [3.8, 4) is 11.5 Å². The molecule has 172 valence electrons. The molecule has 0 bridgehead atoms. The molecule has 3 rings (SSSR count). The number of hydrogen-bond donors (Lipinski definition) is 0. The van der Waals surface area contributed by atoms with Crippen LogP contribution in [0.15, 0.2) is 54.6 Å². The number of halogens is 2. The van der Waals surface area contributed by atoms with Crippen molar-refractivity contribution in [1.82, 2.24) is 9.80 Å². The number of likely N-dealkylation sites (tertiary alicyclic amines) is 1. The number of alkyl halides is 2. The Kier molecular flexibility index (Phi) is 7.33. The number of carbonyl (C=O) groups is 2. The topological polar surface area (TPSA) is 59.1 Å². The largest absolute Gasteiger partial charge is 0.457 e. The van der Waals surface area contributed by atoms with Crippen LogP contribution in [0.3, 0.4) is 0 Å². The highest BCUT2D eigenvalue weighted by Gasteiger charge is 2.37. The van der Waals surface area contributed by atoms with Gasteiger partial charge in [0.05, 0.1) is 18.2 Å². The van der Waals surface area contributed by atoms with E-state index in [0.29, 0.717) is 18.7 Å². The Morgan fingerprint density at radius 2 is 1.75 bits per heavy atom. The molecule has 0 radical (unpaired) electrons. The van der Waals surface area contributed by atoms with Gasteiger partial charge in [-0.2, -0.15) is 0 Å². The summed E-state index contributed by atoms with van der Waals surface area (Å²) < 4.78 is 38.0. The van der Waals surface area contributed by atoms with E-state index in [9.17, 15) is 18.4 Å². The first-order valence-corrected chi connectivity index (χ1v) is 10.5. The van der Waals surface area contributed by atoms with Crippen LogP contribution in [0.1, 0.15) is 37.6 Å². The molecule has 0 spiro atoms. The van der Waals surface area contributed by atoms with Gasteiger partial charge in [-0.1, -0.05) is 30.3 Å². The molecule has 2 aromatic rings. The third kappa shape index (κ3) is 6.18. The van der Waals surface area contributed by atoms with E-state index in [-0.39, 0.29) is 17.9 Å². The maximum Gasteiger partial charge on any atom is 0.410 e. The fourth-order valence-electron chi connectivity index (χ4n) is 3.54. The fraction of sp³-hybridized carbons (Fsp3) is 0.417. The van der Waals surface area contributed by atoms with E-state index in [1.807, 2.05) is 6.07 Å². The number of benzene rings is 2. The minimum Gasteiger partial charge on any atom is -0.457 e. The van der Waals surface area contributed by atoms with Crippen LogP contribution in [0.2, 0.25) is 0 Å². The summed E-state index contributed by atoms with van der Waals surface area (Å²) in [4.78, 5) is 28.3. The average Bonchev–Trinajstić information content (AvgIpc) is 3.22. The second kappa shape index (κ2) is 9.97. The van der Waals surface area contributed by atoms with Crippen molar-refractivity contribution in [1.29, 1.82) is 0 Å². The molecule has 0 aromatic heterocycles. The van der Waals surface area contributed by atoms with E-state index < -0.39 is 36.6 Å². The van der Waals surface area contributed by atoms with Gasteiger partial charge in [0, 0.05) is 13.1 Å². The maximum absolute atomic E-state index is 13.4. The molecule has 0 unspecified atom stereocenters. The fourth-order valence-corrected chi connectivity index (χ4v) is 3.54. The molecule has 1 aliphatic rings. The molecule has 1 saturated heterocycles. The van der Waals surface area contributed by atoms with Gasteiger partial charge < -0.3 is 19.3 Å². The average molecular weight is 446 g/mol. The number of carbonyl (C=O) groups excluding carboxylic acids is 2. The number of amides is 2. The van der Waals surface area contributed by atoms with Crippen LogP contribution in [-0.4, -0.2) is 59.5 Å². The van der Waals surface area contributed by atoms with Gasteiger partial charge in [0.2, 0.25) is 0 Å². The van der Waals surface area contributed by atoms with Crippen molar-refractivity contribution in [2.75, 3.05) is 19.6 Å². The lowest BCUT2D eigenvalue weighted by Crippen LogP contribution is -2.45. The summed E-state index contributed by atoms with van der Waals surface area (Å²) in [6.07, 6.45) is -2.84. The highest BCUT2D eigenvalue weighted by Crippen LogP contribution is 2.28. The van der Waals surface area contributed by atoms with Gasteiger partial charge in [0.15, 0.2) is 0 Å². The van der Waals surface area contributed by atoms with Crippen molar-refractivity contribution in [3.05, 3.63) is 60.2 Å². The summed E-state index contributed by atoms with van der Waals surface area (Å²) in [7, 11) is 0. The molecule has 2 amide bonds. The Morgan fingerprint density at radius 1 is 1.09 bits per heavy atom. The van der Waals surface area contributed by atoms with Gasteiger partial charge in [-0.25, -0.2) is 13.6 Å². The van der Waals surface area contributed by atoms with E-state index in [0.717, 1.165) is 4.90 Å². The zero-order valence-corrected chi connectivity index (χ0v) is 18.5. The predicted octanol–water partition coefficient (Wildman–Crippen LogP) is 5.20. The van der Waals surface area contributed by atoms with Gasteiger partial charge in [0.25, 0.3) is 12.3 Å². The quantitative estimate of drug-likeness (QED) is 0.612. The maximum atomic E-state index is 13.4. The lowest BCUT2D eigenvalue weighted by atomic mass is 10.1. The normalized spacial score (nSPS) is 16.2. The molecule has 0 N–H and O–H groups in total. The molecular weight excluding hydrogens is 418 g/mol. The van der Waals surface area contributed by atoms with E-state index in [4.69, 9.17) is 9.47 Å². The van der Waals surface area contributed by atoms with Crippen LogP contribution < -0.4 is 4.74 Å². The molecule has 32 heavy (non-hydrogen) atoms. The molecule has 1 atom stereocenters. The molecule has 0 saturated carbocycles. The highest BCUT2D eigenvalue weighted by molar-refractivity contribution is 5.97. The van der Waals surface area contributed by atoms with Crippen molar-refractivity contribution in [2.45, 2.75) is 45.3 Å². The second-order valence-electron chi connectivity index (χ2n) is 8.63. The summed E-state index contributed by atoms with van der Waals surface area (Å²) in [5, 5.41) is 0. The number of ether oxygens (including phenoxy) is 2. The van der Waals surface area contributed by atoms with Crippen LogP contribution in [0.4, 0.5) is 13.6 Å². The molecule has 0 aliphatic carbocycles. The molecule has 1 aliphatic heterocycles. The third-order valence-electron chi connectivity index (χ3n) is 4.94. The summed E-state index contributed by atoms with van der Waals surface area (Å²) >= 11 is 0. The van der Waals surface area contributed by atoms with Crippen molar-refractivity contribution < 1.29 is 27.8 Å². The van der Waals surface area contributed by atoms with E-state index in [1.54, 1.807) is 69.3 Å². The van der Waals surface area contributed by atoms with Crippen LogP contribution >= 0.6 is 0 Å². The number of rotatable bonds is 6. The van der Waals surface area contributed by atoms with E-state index in [2.05, 4.69) is 0 Å². The Hall–Kier alpha value is -3.16. The SMILES string of the molecule is CC(C)(C)OC(=O)N1CC[C@H](N(CC(F)F)C(=O)c2ccccc2Oc2ccccc2)C1. The lowest BCUT2D eigenvalue weighted by Gasteiger charge is -2.30. The highest BCUT2D eigenvalue weighted by atomic mass is 19.3. The molecule has 8 heteroatoms. The Morgan fingerprint density at radius 3 is 2.41 bits per heavy atom. The van der Waals surface area contributed by atoms with Crippen LogP contribution in [-0.2, 0) is 4.74 Å². The van der Waals surface area contributed by atoms with Crippen molar-refractivity contribution in [2.24, 2.45) is 0 Å². The monoisotopic (exact) mass is 446 g/mol. The smallest absolute Gasteiger partial charge is 0.410 e. The zero-order valence-electron chi connectivity index (χ0n) is 18.5. The molecule has 1 fully saturated rings. The van der Waals surface area contributed by atoms with E-state index in [1.165, 1.54) is 4.90 Å². The number of hydrogen-bond acceptors (Lipinski definition) is 4. The van der Waals surface area contributed by atoms with Gasteiger partial charge in [-0.15, -0.1) is 0 Å². The van der Waals surface area contributed by atoms with Crippen molar-refractivity contribution >= 4 is 12.0 Å². The van der Waals surface area contributed by atoms with Gasteiger partial charge in [0.1, 0.15) is 17.1 Å². The van der Waals surface area contributed by atoms with Crippen molar-refractivity contribution in [3.63, 3.8) is 0 Å². The first-order valence-electron chi connectivity index (χ1n) is 10.5. The number of nitrogens with zero attached hydrogens (tertiary/aromatic N) is 2. The Balaban J connectivity index is 1.80. The summed E-state index contributed by atoms with van der Waals surface area (Å²) in [6, 6.07) is 14.9. The number of para-hydroxylation sites is 2. The first-order chi connectivity index (χ1) is 15.1.